The Labute approximate surface area is 83.5 Å². The van der Waals surface area contributed by atoms with Gasteiger partial charge in [0.15, 0.2) is 0 Å². The van der Waals surface area contributed by atoms with Crippen LogP contribution in [0.15, 0.2) is 0 Å². The summed E-state index contributed by atoms with van der Waals surface area (Å²) in [5, 5.41) is 2.47. The number of hydrogen-bond donors (Lipinski definition) is 1. The van der Waals surface area contributed by atoms with Crippen LogP contribution in [0, 0.1) is 0 Å². The quantitative estimate of drug-likeness (QED) is 0.666. The average molecular weight is 218 g/mol. The molecule has 0 spiro atoms. The average Bonchev–Trinajstić information content (AvgIpc) is 2.83. The van der Waals surface area contributed by atoms with Crippen LogP contribution in [0.2, 0.25) is 0 Å². The van der Waals surface area contributed by atoms with Gasteiger partial charge in [0.1, 0.15) is 0 Å². The Morgan fingerprint density at radius 3 is 2.57 bits per heavy atom. The van der Waals surface area contributed by atoms with Crippen molar-refractivity contribution >= 4 is 15.9 Å². The van der Waals surface area contributed by atoms with E-state index in [2.05, 4.69) is 5.32 Å². The van der Waals surface area contributed by atoms with Crippen LogP contribution in [0.5, 0.6) is 0 Å². The van der Waals surface area contributed by atoms with Crippen molar-refractivity contribution in [1.82, 2.24) is 9.62 Å². The third-order valence-corrected chi connectivity index (χ3v) is 4.82. The molecule has 1 saturated heterocycles. The zero-order valence-corrected chi connectivity index (χ0v) is 8.88. The van der Waals surface area contributed by atoms with Gasteiger partial charge in [0, 0.05) is 12.6 Å². The molecule has 2 fully saturated rings. The van der Waals surface area contributed by atoms with Crippen molar-refractivity contribution in [3.05, 3.63) is 0 Å². The zero-order chi connectivity index (χ0) is 10.3. The van der Waals surface area contributed by atoms with Gasteiger partial charge in [0.25, 0.3) is 0 Å². The highest BCUT2D eigenvalue weighted by atomic mass is 32.2. The zero-order valence-electron chi connectivity index (χ0n) is 8.06. The molecule has 1 heterocycles. The van der Waals surface area contributed by atoms with Gasteiger partial charge in [0.05, 0.1) is 11.8 Å². The maximum absolute atomic E-state index is 11.8. The van der Waals surface area contributed by atoms with Crippen molar-refractivity contribution in [1.29, 1.82) is 0 Å². The van der Waals surface area contributed by atoms with Crippen molar-refractivity contribution in [3.63, 3.8) is 0 Å². The van der Waals surface area contributed by atoms with Gasteiger partial charge in [-0.3, -0.25) is 4.79 Å². The molecule has 1 atom stereocenters. The first-order valence-corrected chi connectivity index (χ1v) is 6.29. The summed E-state index contributed by atoms with van der Waals surface area (Å²) < 4.78 is 24.9. The molecule has 1 aliphatic carbocycles. The summed E-state index contributed by atoms with van der Waals surface area (Å²) in [6.45, 7) is 2.21. The maximum Gasteiger partial charge on any atom is 0.235 e. The molecule has 1 aliphatic heterocycles. The van der Waals surface area contributed by atoms with Gasteiger partial charge < -0.3 is 5.32 Å². The van der Waals surface area contributed by atoms with Gasteiger partial charge in [0.2, 0.25) is 15.9 Å². The summed E-state index contributed by atoms with van der Waals surface area (Å²) >= 11 is 0. The topological polar surface area (TPSA) is 66.5 Å². The molecule has 0 aromatic rings. The van der Waals surface area contributed by atoms with Crippen LogP contribution in [-0.2, 0) is 14.8 Å². The number of nitrogens with one attached hydrogen (secondary N) is 1. The van der Waals surface area contributed by atoms with Gasteiger partial charge in [-0.1, -0.05) is 0 Å². The first-order chi connectivity index (χ1) is 6.50. The molecule has 2 rings (SSSR count). The molecule has 0 aromatic heterocycles. The van der Waals surface area contributed by atoms with E-state index in [0.29, 0.717) is 6.54 Å². The molecule has 5 nitrogen and oxygen atoms in total. The molecular formula is C8H14N2O3S. The summed E-state index contributed by atoms with van der Waals surface area (Å²) in [6.07, 6.45) is 1.49. The molecule has 1 N–H and O–H groups in total. The number of rotatable bonds is 2. The smallest absolute Gasteiger partial charge is 0.235 e. The summed E-state index contributed by atoms with van der Waals surface area (Å²) in [5.41, 5.74) is 0. The van der Waals surface area contributed by atoms with Crippen molar-refractivity contribution in [3.8, 4) is 0 Å². The van der Waals surface area contributed by atoms with E-state index >= 15 is 0 Å². The van der Waals surface area contributed by atoms with Crippen LogP contribution >= 0.6 is 0 Å². The molecule has 14 heavy (non-hydrogen) atoms. The molecule has 1 unspecified atom stereocenters. The number of amides is 1. The largest absolute Gasteiger partial charge is 0.351 e. The number of sulfonamides is 1. The minimum absolute atomic E-state index is 0.0107. The Morgan fingerprint density at radius 1 is 1.43 bits per heavy atom. The normalized spacial score (nSPS) is 30.1. The number of piperazine rings is 1. The van der Waals surface area contributed by atoms with Gasteiger partial charge in [-0.2, -0.15) is 4.31 Å². The summed E-state index contributed by atoms with van der Waals surface area (Å²) in [6, 6.07) is -0.0789. The second-order valence-corrected chi connectivity index (χ2v) is 6.22. The molecule has 1 saturated carbocycles. The van der Waals surface area contributed by atoms with Crippen LogP contribution in [0.4, 0.5) is 0 Å². The molecule has 80 valence electrons. The molecular weight excluding hydrogens is 204 g/mol. The van der Waals surface area contributed by atoms with E-state index in [1.54, 1.807) is 0 Å². The number of hydrogen-bond acceptors (Lipinski definition) is 3. The fourth-order valence-electron chi connectivity index (χ4n) is 1.67. The van der Waals surface area contributed by atoms with Crippen LogP contribution < -0.4 is 5.32 Å². The Balaban J connectivity index is 2.13. The van der Waals surface area contributed by atoms with E-state index in [1.807, 2.05) is 6.92 Å². The minimum Gasteiger partial charge on any atom is -0.351 e. The Kier molecular flexibility index (Phi) is 2.27. The van der Waals surface area contributed by atoms with Gasteiger partial charge in [-0.25, -0.2) is 8.42 Å². The van der Waals surface area contributed by atoms with Gasteiger partial charge in [-0.15, -0.1) is 0 Å². The number of nitrogens with zero attached hydrogens (tertiary/aromatic N) is 1. The standard InChI is InChI=1S/C8H14N2O3S/c1-6-4-10(5-8(11)9-6)14(12,13)7-2-3-7/h6-7H,2-5H2,1H3,(H,9,11). The summed E-state index contributed by atoms with van der Waals surface area (Å²) in [4.78, 5) is 11.2. The van der Waals surface area contributed by atoms with E-state index in [-0.39, 0.29) is 23.7 Å². The van der Waals surface area contributed by atoms with Crippen LogP contribution in [-0.4, -0.2) is 43.0 Å². The van der Waals surface area contributed by atoms with Crippen molar-refractivity contribution in [2.75, 3.05) is 13.1 Å². The Bertz CT molecular complexity index is 348. The second-order valence-electron chi connectivity index (χ2n) is 4.01. The Hall–Kier alpha value is -0.620. The summed E-state index contributed by atoms with van der Waals surface area (Å²) in [7, 11) is -3.18. The fraction of sp³-hybridized carbons (Fsp3) is 0.875. The third kappa shape index (κ3) is 1.76. The van der Waals surface area contributed by atoms with E-state index < -0.39 is 10.0 Å². The highest BCUT2D eigenvalue weighted by molar-refractivity contribution is 7.90. The number of carbonyl (C=O) groups excluding carboxylic acids is 1. The molecule has 0 radical (unpaired) electrons. The molecule has 6 heteroatoms. The Morgan fingerprint density at radius 2 is 2.07 bits per heavy atom. The predicted octanol–water partition coefficient (Wildman–Crippen LogP) is -0.701. The maximum atomic E-state index is 11.8. The van der Waals surface area contributed by atoms with E-state index in [1.165, 1.54) is 4.31 Å². The molecule has 0 bridgehead atoms. The second kappa shape index (κ2) is 3.20. The monoisotopic (exact) mass is 218 g/mol. The first-order valence-electron chi connectivity index (χ1n) is 4.78. The molecule has 1 amide bonds. The lowest BCUT2D eigenvalue weighted by atomic mass is 10.3. The summed E-state index contributed by atoms with van der Waals surface area (Å²) in [5.74, 6) is -0.201. The SMILES string of the molecule is CC1CN(S(=O)(=O)C2CC2)CC(=O)N1. The third-order valence-electron chi connectivity index (χ3n) is 2.51. The van der Waals surface area contributed by atoms with E-state index in [0.717, 1.165) is 12.8 Å². The van der Waals surface area contributed by atoms with E-state index in [4.69, 9.17) is 0 Å². The minimum atomic E-state index is -3.18. The first kappa shape index (κ1) is 9.92. The highest BCUT2D eigenvalue weighted by Crippen LogP contribution is 2.31. The fourth-order valence-corrected chi connectivity index (χ4v) is 3.55. The van der Waals surface area contributed by atoms with Gasteiger partial charge in [-0.05, 0) is 19.8 Å². The van der Waals surface area contributed by atoms with Crippen molar-refractivity contribution < 1.29 is 13.2 Å². The van der Waals surface area contributed by atoms with Crippen molar-refractivity contribution in [2.24, 2.45) is 0 Å². The lowest BCUT2D eigenvalue weighted by Gasteiger charge is -2.30. The van der Waals surface area contributed by atoms with Crippen LogP contribution in [0.3, 0.4) is 0 Å². The molecule has 0 aromatic carbocycles. The predicted molar refractivity (Wildman–Crippen MR) is 51.1 cm³/mol. The van der Waals surface area contributed by atoms with E-state index in [9.17, 15) is 13.2 Å². The van der Waals surface area contributed by atoms with Crippen LogP contribution in [0.1, 0.15) is 19.8 Å². The molecule has 2 aliphatic rings. The lowest BCUT2D eigenvalue weighted by molar-refractivity contribution is -0.123. The lowest BCUT2D eigenvalue weighted by Crippen LogP contribution is -2.55. The van der Waals surface area contributed by atoms with Gasteiger partial charge >= 0.3 is 0 Å². The van der Waals surface area contributed by atoms with Crippen LogP contribution in [0.25, 0.3) is 0 Å². The highest BCUT2D eigenvalue weighted by Gasteiger charge is 2.42. The number of carbonyl (C=O) groups is 1. The van der Waals surface area contributed by atoms with Crippen molar-refractivity contribution in [2.45, 2.75) is 31.1 Å².